The Hall–Kier alpha value is -1.63. The van der Waals surface area contributed by atoms with E-state index in [2.05, 4.69) is 5.32 Å². The fourth-order valence-corrected chi connectivity index (χ4v) is 2.02. The molecule has 4 amide bonds. The number of primary amides is 1. The van der Waals surface area contributed by atoms with Gasteiger partial charge in [-0.3, -0.25) is 14.9 Å². The van der Waals surface area contributed by atoms with Crippen LogP contribution in [-0.4, -0.2) is 48.4 Å². The molecule has 1 fully saturated rings. The van der Waals surface area contributed by atoms with Crippen molar-refractivity contribution in [2.75, 3.05) is 19.6 Å². The maximum Gasteiger partial charge on any atom is 0.318 e. The maximum atomic E-state index is 11.8. The third-order valence-electron chi connectivity index (χ3n) is 3.14. The highest BCUT2D eigenvalue weighted by Crippen LogP contribution is 2.09. The van der Waals surface area contributed by atoms with Gasteiger partial charge in [0.1, 0.15) is 0 Å². The lowest BCUT2D eigenvalue weighted by molar-refractivity contribution is -0.132. The molecule has 0 spiro atoms. The number of piperidine rings is 1. The van der Waals surface area contributed by atoms with E-state index in [9.17, 15) is 14.4 Å². The lowest BCUT2D eigenvalue weighted by Gasteiger charge is -2.27. The van der Waals surface area contributed by atoms with Crippen molar-refractivity contribution < 1.29 is 14.4 Å². The number of carbonyl (C=O) groups excluding carboxylic acids is 3. The highest BCUT2D eigenvalue weighted by Gasteiger charge is 2.17. The molecule has 108 valence electrons. The summed E-state index contributed by atoms with van der Waals surface area (Å²) in [6.45, 7) is 3.68. The number of nitrogens with zero attached hydrogens (tertiary/aromatic N) is 1. The van der Waals surface area contributed by atoms with Crippen LogP contribution in [0.2, 0.25) is 0 Å². The van der Waals surface area contributed by atoms with E-state index in [0.29, 0.717) is 13.0 Å². The van der Waals surface area contributed by atoms with Crippen LogP contribution in [-0.2, 0) is 9.59 Å². The first kappa shape index (κ1) is 15.4. The molecule has 1 unspecified atom stereocenters. The van der Waals surface area contributed by atoms with Gasteiger partial charge in [0, 0.05) is 26.1 Å². The first-order valence-electron chi connectivity index (χ1n) is 6.62. The predicted molar refractivity (Wildman–Crippen MR) is 70.2 cm³/mol. The summed E-state index contributed by atoms with van der Waals surface area (Å²) in [7, 11) is 0. The van der Waals surface area contributed by atoms with Crippen LogP contribution >= 0.6 is 0 Å². The lowest BCUT2D eigenvalue weighted by atomic mass is 10.1. The zero-order chi connectivity index (χ0) is 14.3. The molecule has 1 saturated heterocycles. The van der Waals surface area contributed by atoms with Crippen molar-refractivity contribution in [3.8, 4) is 0 Å². The Morgan fingerprint density at radius 3 is 2.42 bits per heavy atom. The average Bonchev–Trinajstić information content (AvgIpc) is 2.38. The molecule has 1 atom stereocenters. The molecule has 0 aromatic rings. The van der Waals surface area contributed by atoms with E-state index >= 15 is 0 Å². The zero-order valence-corrected chi connectivity index (χ0v) is 11.3. The molecule has 19 heavy (non-hydrogen) atoms. The van der Waals surface area contributed by atoms with E-state index in [-0.39, 0.29) is 5.91 Å². The number of carbonyl (C=O) groups is 3. The van der Waals surface area contributed by atoms with Crippen LogP contribution in [0.4, 0.5) is 4.79 Å². The topological polar surface area (TPSA) is 105 Å². The smallest absolute Gasteiger partial charge is 0.318 e. The minimum Gasteiger partial charge on any atom is -0.351 e. The molecule has 0 aliphatic carbocycles. The first-order chi connectivity index (χ1) is 9.00. The van der Waals surface area contributed by atoms with Crippen molar-refractivity contribution in [1.29, 1.82) is 0 Å². The molecule has 1 aliphatic heterocycles. The number of urea groups is 1. The van der Waals surface area contributed by atoms with Crippen LogP contribution in [0, 0.1) is 0 Å². The van der Waals surface area contributed by atoms with Crippen LogP contribution in [0.25, 0.3) is 0 Å². The van der Waals surface area contributed by atoms with Crippen molar-refractivity contribution in [1.82, 2.24) is 15.5 Å². The van der Waals surface area contributed by atoms with Gasteiger partial charge in [0.15, 0.2) is 0 Å². The lowest BCUT2D eigenvalue weighted by Crippen LogP contribution is -2.47. The number of amides is 4. The number of hydrogen-bond donors (Lipinski definition) is 3. The summed E-state index contributed by atoms with van der Waals surface area (Å²) in [5.74, 6) is -0.382. The van der Waals surface area contributed by atoms with Gasteiger partial charge >= 0.3 is 6.03 Å². The van der Waals surface area contributed by atoms with Crippen LogP contribution in [0.5, 0.6) is 0 Å². The fraction of sp³-hybridized carbons (Fsp3) is 0.750. The molecule has 0 aromatic carbocycles. The second kappa shape index (κ2) is 7.73. The van der Waals surface area contributed by atoms with Gasteiger partial charge in [-0.2, -0.15) is 0 Å². The predicted octanol–water partition coefficient (Wildman–Crippen LogP) is -0.438. The Morgan fingerprint density at radius 2 is 1.84 bits per heavy atom. The van der Waals surface area contributed by atoms with E-state index in [1.54, 1.807) is 6.92 Å². The van der Waals surface area contributed by atoms with Gasteiger partial charge in [-0.1, -0.05) is 0 Å². The molecule has 0 aromatic heterocycles. The van der Waals surface area contributed by atoms with E-state index in [4.69, 9.17) is 5.73 Å². The van der Waals surface area contributed by atoms with Crippen LogP contribution < -0.4 is 16.4 Å². The molecule has 0 saturated carbocycles. The number of nitrogens with one attached hydrogen (secondary N) is 2. The summed E-state index contributed by atoms with van der Waals surface area (Å²) >= 11 is 0. The number of rotatable bonds is 5. The number of likely N-dealkylation sites (tertiary alicyclic amines) is 1. The second-order valence-corrected chi connectivity index (χ2v) is 4.72. The Balaban J connectivity index is 2.20. The third kappa shape index (κ3) is 5.69. The first-order valence-corrected chi connectivity index (χ1v) is 6.62. The molecule has 1 rings (SSSR count). The normalized spacial score (nSPS) is 16.8. The minimum atomic E-state index is -0.872. The van der Waals surface area contributed by atoms with Crippen molar-refractivity contribution in [2.24, 2.45) is 5.73 Å². The SMILES string of the molecule is CC(NCCC(=O)N1CCCCC1)C(=O)NC(N)=O. The standard InChI is InChI=1S/C12H22N4O3/c1-9(11(18)15-12(13)19)14-6-5-10(17)16-7-3-2-4-8-16/h9,14H,2-8H2,1H3,(H3,13,15,18,19). The zero-order valence-electron chi connectivity index (χ0n) is 11.3. The fourth-order valence-electron chi connectivity index (χ4n) is 2.02. The van der Waals surface area contributed by atoms with Crippen LogP contribution in [0.1, 0.15) is 32.6 Å². The minimum absolute atomic E-state index is 0.106. The molecule has 1 aliphatic rings. The number of hydrogen-bond acceptors (Lipinski definition) is 4. The summed E-state index contributed by atoms with van der Waals surface area (Å²) in [6.07, 6.45) is 3.67. The highest BCUT2D eigenvalue weighted by molar-refractivity contribution is 5.96. The summed E-state index contributed by atoms with van der Waals surface area (Å²) in [5, 5.41) is 4.88. The molecule has 1 heterocycles. The summed E-state index contributed by atoms with van der Waals surface area (Å²) in [4.78, 5) is 35.6. The van der Waals surface area contributed by atoms with Gasteiger partial charge in [0.25, 0.3) is 0 Å². The van der Waals surface area contributed by atoms with E-state index in [0.717, 1.165) is 25.9 Å². The maximum absolute atomic E-state index is 11.8. The van der Waals surface area contributed by atoms with Crippen LogP contribution in [0.3, 0.4) is 0 Å². The van der Waals surface area contributed by atoms with Crippen molar-refractivity contribution in [3.05, 3.63) is 0 Å². The van der Waals surface area contributed by atoms with Crippen molar-refractivity contribution >= 4 is 17.8 Å². The largest absolute Gasteiger partial charge is 0.351 e. The summed E-state index contributed by atoms with van der Waals surface area (Å²) in [5.41, 5.74) is 4.85. The molecular weight excluding hydrogens is 248 g/mol. The van der Waals surface area contributed by atoms with Gasteiger partial charge in [0.2, 0.25) is 11.8 Å². The van der Waals surface area contributed by atoms with E-state index in [1.165, 1.54) is 6.42 Å². The summed E-state index contributed by atoms with van der Waals surface area (Å²) < 4.78 is 0. The molecule has 7 nitrogen and oxygen atoms in total. The van der Waals surface area contributed by atoms with Gasteiger partial charge < -0.3 is 16.0 Å². The summed E-state index contributed by atoms with van der Waals surface area (Å²) in [6, 6.07) is -1.43. The van der Waals surface area contributed by atoms with Gasteiger partial charge in [-0.15, -0.1) is 0 Å². The quantitative estimate of drug-likeness (QED) is 0.630. The van der Waals surface area contributed by atoms with Crippen molar-refractivity contribution in [3.63, 3.8) is 0 Å². The Bertz CT molecular complexity index is 340. The van der Waals surface area contributed by atoms with Crippen molar-refractivity contribution in [2.45, 2.75) is 38.6 Å². The average molecular weight is 270 g/mol. The second-order valence-electron chi connectivity index (χ2n) is 4.72. The molecule has 0 radical (unpaired) electrons. The molecular formula is C12H22N4O3. The van der Waals surface area contributed by atoms with E-state index in [1.807, 2.05) is 10.2 Å². The van der Waals surface area contributed by atoms with E-state index < -0.39 is 18.0 Å². The Labute approximate surface area is 112 Å². The monoisotopic (exact) mass is 270 g/mol. The number of imide groups is 1. The highest BCUT2D eigenvalue weighted by atomic mass is 16.2. The van der Waals surface area contributed by atoms with Gasteiger partial charge in [-0.25, -0.2) is 4.79 Å². The molecule has 7 heteroatoms. The van der Waals surface area contributed by atoms with Crippen LogP contribution in [0.15, 0.2) is 0 Å². The molecule has 4 N–H and O–H groups in total. The number of nitrogens with two attached hydrogens (primary N) is 1. The Kier molecular flexibility index (Phi) is 6.27. The van der Waals surface area contributed by atoms with Gasteiger partial charge in [0.05, 0.1) is 6.04 Å². The Morgan fingerprint density at radius 1 is 1.21 bits per heavy atom. The van der Waals surface area contributed by atoms with Gasteiger partial charge in [-0.05, 0) is 26.2 Å². The third-order valence-corrected chi connectivity index (χ3v) is 3.14. The molecule has 0 bridgehead atoms.